The summed E-state index contributed by atoms with van der Waals surface area (Å²) in [5.41, 5.74) is 5.67. The summed E-state index contributed by atoms with van der Waals surface area (Å²) in [6.07, 6.45) is 30.4. The molecule has 0 spiro atoms. The Kier molecular flexibility index (Phi) is 16.1. The number of hydrogen-bond acceptors (Lipinski definition) is 2. The van der Waals surface area contributed by atoms with Crippen molar-refractivity contribution in [1.82, 2.24) is 0 Å². The van der Waals surface area contributed by atoms with Gasteiger partial charge in [0.25, 0.3) is 0 Å². The van der Waals surface area contributed by atoms with Gasteiger partial charge in [-0.3, -0.25) is 0 Å². The molecule has 0 nitrogen and oxygen atoms in total. The van der Waals surface area contributed by atoms with Crippen LogP contribution in [0.2, 0.25) is 0 Å². The fraction of sp³-hybridized carbons (Fsp3) is 0.522. The second-order valence-electron chi connectivity index (χ2n) is 14.4. The Morgan fingerprint density at radius 1 is 0.354 bits per heavy atom. The molecule has 258 valence electrons. The fourth-order valence-electron chi connectivity index (χ4n) is 7.16. The van der Waals surface area contributed by atoms with Crippen molar-refractivity contribution >= 4 is 42.8 Å². The van der Waals surface area contributed by atoms with Crippen molar-refractivity contribution in [3.05, 3.63) is 83.9 Å². The summed E-state index contributed by atoms with van der Waals surface area (Å²) in [6, 6.07) is 28.5. The van der Waals surface area contributed by atoms with E-state index in [0.29, 0.717) is 0 Å². The monoisotopic (exact) mass is 678 g/mol. The van der Waals surface area contributed by atoms with Crippen LogP contribution >= 0.6 is 22.7 Å². The first-order valence-electron chi connectivity index (χ1n) is 19.9. The zero-order chi connectivity index (χ0) is 33.2. The van der Waals surface area contributed by atoms with E-state index in [0.717, 1.165) is 0 Å². The summed E-state index contributed by atoms with van der Waals surface area (Å²) in [5, 5.41) is 2.74. The van der Waals surface area contributed by atoms with E-state index in [1.54, 1.807) is 0 Å². The predicted octanol–water partition coefficient (Wildman–Crippen LogP) is 16.4. The maximum atomic E-state index is 2.41. The Morgan fingerprint density at radius 3 is 1.00 bits per heavy atom. The summed E-state index contributed by atoms with van der Waals surface area (Å²) in [5.74, 6) is 0. The molecule has 0 saturated heterocycles. The third-order valence-corrected chi connectivity index (χ3v) is 12.6. The fourth-order valence-corrected chi connectivity index (χ4v) is 9.36. The minimum atomic E-state index is 1.21. The van der Waals surface area contributed by atoms with Gasteiger partial charge >= 0.3 is 0 Å². The van der Waals surface area contributed by atoms with Gasteiger partial charge in [0, 0.05) is 19.2 Å². The Labute approximate surface area is 301 Å². The highest BCUT2D eigenvalue weighted by Crippen LogP contribution is 2.40. The lowest BCUT2D eigenvalue weighted by Crippen LogP contribution is -1.87. The van der Waals surface area contributed by atoms with Gasteiger partial charge in [0.05, 0.1) is 0 Å². The second kappa shape index (κ2) is 20.9. The average Bonchev–Trinajstić information content (AvgIpc) is 3.73. The van der Waals surface area contributed by atoms with E-state index in [2.05, 4.69) is 86.6 Å². The molecule has 0 unspecified atom stereocenters. The van der Waals surface area contributed by atoms with Crippen LogP contribution in [0.25, 0.3) is 41.1 Å². The number of hydrogen-bond donors (Lipinski definition) is 0. The third-order valence-electron chi connectivity index (χ3n) is 10.3. The normalized spacial score (nSPS) is 11.7. The molecule has 0 saturated carbocycles. The number of rotatable bonds is 24. The summed E-state index contributed by atoms with van der Waals surface area (Å²) in [6.45, 7) is 4.60. The van der Waals surface area contributed by atoms with Crippen molar-refractivity contribution in [3.63, 3.8) is 0 Å². The lowest BCUT2D eigenvalue weighted by atomic mass is 10.0. The van der Waals surface area contributed by atoms with E-state index < -0.39 is 0 Å². The molecule has 0 bridgehead atoms. The highest BCUT2D eigenvalue weighted by Gasteiger charge is 2.10. The molecule has 5 aromatic rings. The molecule has 3 aromatic carbocycles. The summed E-state index contributed by atoms with van der Waals surface area (Å²) in [7, 11) is 0. The van der Waals surface area contributed by atoms with Gasteiger partial charge in [0.15, 0.2) is 0 Å². The van der Waals surface area contributed by atoms with Crippen LogP contribution in [0.1, 0.15) is 153 Å². The Balaban J connectivity index is 1.05. The minimum absolute atomic E-state index is 1.21. The number of aryl methyl sites for hydroxylation is 2. The molecule has 0 N–H and O–H groups in total. The minimum Gasteiger partial charge on any atom is -0.135 e. The van der Waals surface area contributed by atoms with Gasteiger partial charge in [0.1, 0.15) is 0 Å². The molecular weight excluding hydrogens is 617 g/mol. The highest BCUT2D eigenvalue weighted by atomic mass is 32.1. The van der Waals surface area contributed by atoms with Crippen LogP contribution in [-0.4, -0.2) is 0 Å². The molecule has 5 rings (SSSR count). The summed E-state index contributed by atoms with van der Waals surface area (Å²) < 4.78 is 2.78. The number of thiophene rings is 2. The zero-order valence-electron chi connectivity index (χ0n) is 30.3. The molecule has 2 heterocycles. The zero-order valence-corrected chi connectivity index (χ0v) is 31.9. The van der Waals surface area contributed by atoms with E-state index >= 15 is 0 Å². The van der Waals surface area contributed by atoms with Crippen molar-refractivity contribution in [2.24, 2.45) is 0 Å². The molecule has 2 aromatic heterocycles. The van der Waals surface area contributed by atoms with E-state index in [-0.39, 0.29) is 0 Å². The van der Waals surface area contributed by atoms with Gasteiger partial charge in [-0.05, 0) is 83.0 Å². The van der Waals surface area contributed by atoms with Crippen LogP contribution in [0.3, 0.4) is 0 Å². The van der Waals surface area contributed by atoms with Gasteiger partial charge in [-0.2, -0.15) is 0 Å². The lowest BCUT2D eigenvalue weighted by Gasteiger charge is -2.04. The number of benzene rings is 3. The first-order chi connectivity index (χ1) is 23.7. The maximum absolute atomic E-state index is 2.41. The first-order valence-corrected chi connectivity index (χ1v) is 21.5. The highest BCUT2D eigenvalue weighted by molar-refractivity contribution is 7.23. The second-order valence-corrected chi connectivity index (χ2v) is 16.6. The predicted molar refractivity (Wildman–Crippen MR) is 219 cm³/mol. The SMILES string of the molecule is CCCCCCCCCCCCc1ccc(-c2cc3cc4sc(-c5ccc(CCCCCCCCCCCC)cc5)cc4cc3s2)cc1. The van der Waals surface area contributed by atoms with Crippen LogP contribution in [0, 0.1) is 0 Å². The summed E-state index contributed by atoms with van der Waals surface area (Å²) in [4.78, 5) is 2.76. The lowest BCUT2D eigenvalue weighted by molar-refractivity contribution is 0.556. The standard InChI is InChI=1S/C46H62S2/c1-3-5-7-9-11-13-15-17-19-21-23-37-25-29-39(30-26-37)43-33-41-35-46-42(36-45(41)47-43)34-44(48-46)40-31-27-38(28-32-40)24-22-20-18-16-14-12-10-8-6-4-2/h25-36H,3-24H2,1-2H3. The topological polar surface area (TPSA) is 0 Å². The molecule has 0 aliphatic carbocycles. The van der Waals surface area contributed by atoms with Crippen LogP contribution in [0.15, 0.2) is 72.8 Å². The number of unbranched alkanes of at least 4 members (excludes halogenated alkanes) is 18. The van der Waals surface area contributed by atoms with E-state index in [4.69, 9.17) is 0 Å². The van der Waals surface area contributed by atoms with Crippen molar-refractivity contribution < 1.29 is 0 Å². The van der Waals surface area contributed by atoms with Crippen molar-refractivity contribution in [3.8, 4) is 20.9 Å². The molecule has 0 radical (unpaired) electrons. The van der Waals surface area contributed by atoms with Crippen LogP contribution < -0.4 is 0 Å². The molecule has 0 aliphatic heterocycles. The largest absolute Gasteiger partial charge is 0.135 e. The van der Waals surface area contributed by atoms with E-state index in [1.165, 1.54) is 193 Å². The molecule has 48 heavy (non-hydrogen) atoms. The smallest absolute Gasteiger partial charge is 0.0356 e. The van der Waals surface area contributed by atoms with Gasteiger partial charge in [0.2, 0.25) is 0 Å². The Morgan fingerprint density at radius 2 is 0.667 bits per heavy atom. The molecule has 2 heteroatoms. The van der Waals surface area contributed by atoms with Gasteiger partial charge in [-0.1, -0.05) is 178 Å². The van der Waals surface area contributed by atoms with Crippen LogP contribution in [0.5, 0.6) is 0 Å². The first kappa shape index (κ1) is 36.9. The Hall–Kier alpha value is -2.42. The molecule has 0 amide bonds. The van der Waals surface area contributed by atoms with Crippen molar-refractivity contribution in [2.45, 2.75) is 155 Å². The Bertz CT molecular complexity index is 1420. The third kappa shape index (κ3) is 11.9. The number of fused-ring (bicyclic) bond motifs is 2. The maximum Gasteiger partial charge on any atom is 0.0356 e. The molecule has 0 fully saturated rings. The van der Waals surface area contributed by atoms with Gasteiger partial charge < -0.3 is 0 Å². The molecule has 0 atom stereocenters. The average molecular weight is 679 g/mol. The van der Waals surface area contributed by atoms with Crippen LogP contribution in [-0.2, 0) is 12.8 Å². The van der Waals surface area contributed by atoms with Gasteiger partial charge in [-0.25, -0.2) is 0 Å². The van der Waals surface area contributed by atoms with Crippen molar-refractivity contribution in [2.75, 3.05) is 0 Å². The molecule has 0 aliphatic rings. The van der Waals surface area contributed by atoms with Gasteiger partial charge in [-0.15, -0.1) is 22.7 Å². The summed E-state index contributed by atoms with van der Waals surface area (Å²) >= 11 is 3.87. The molecular formula is C46H62S2. The van der Waals surface area contributed by atoms with E-state index in [9.17, 15) is 0 Å². The quantitative estimate of drug-likeness (QED) is 0.0570. The van der Waals surface area contributed by atoms with Crippen LogP contribution in [0.4, 0.5) is 0 Å². The van der Waals surface area contributed by atoms with Crippen molar-refractivity contribution in [1.29, 1.82) is 0 Å². The van der Waals surface area contributed by atoms with E-state index in [1.807, 2.05) is 22.7 Å².